The normalized spacial score (nSPS) is 22.9. The molecule has 1 rings (SSSR count). The zero-order valence-electron chi connectivity index (χ0n) is 11.0. The number of ether oxygens (including phenoxy) is 1. The third-order valence-electron chi connectivity index (χ3n) is 2.84. The van der Waals surface area contributed by atoms with Crippen molar-refractivity contribution in [1.29, 1.82) is 0 Å². The summed E-state index contributed by atoms with van der Waals surface area (Å²) in [6.45, 7) is 12.2. The van der Waals surface area contributed by atoms with E-state index in [4.69, 9.17) is 4.74 Å². The van der Waals surface area contributed by atoms with Crippen LogP contribution in [0.25, 0.3) is 0 Å². The van der Waals surface area contributed by atoms with Crippen LogP contribution >= 0.6 is 0 Å². The van der Waals surface area contributed by atoms with E-state index in [0.717, 1.165) is 19.6 Å². The molecular formula is C12H24N2O2. The van der Waals surface area contributed by atoms with Gasteiger partial charge in [0.05, 0.1) is 5.41 Å². The first-order valence-corrected chi connectivity index (χ1v) is 5.91. The Labute approximate surface area is 98.1 Å². The van der Waals surface area contributed by atoms with E-state index >= 15 is 0 Å². The van der Waals surface area contributed by atoms with Crippen molar-refractivity contribution in [3.8, 4) is 0 Å². The fraction of sp³-hybridized carbons (Fsp3) is 0.917. The van der Waals surface area contributed by atoms with E-state index in [-0.39, 0.29) is 12.0 Å². The van der Waals surface area contributed by atoms with E-state index in [9.17, 15) is 4.79 Å². The summed E-state index contributed by atoms with van der Waals surface area (Å²) in [7, 11) is 0. The highest BCUT2D eigenvalue weighted by Crippen LogP contribution is 2.25. The molecule has 0 bridgehead atoms. The number of carbonyl (C=O) groups excluding carboxylic acids is 1. The maximum atomic E-state index is 12.1. The standard InChI is InChI=1S/C12H24N2O2/c1-11(2,3)16-10(15)12(4,5)9-8-13-6-7-14-9/h9,13-14H,6-8H2,1-5H3. The predicted octanol–water partition coefficient (Wildman–Crippen LogP) is 0.916. The highest BCUT2D eigenvalue weighted by atomic mass is 16.6. The summed E-state index contributed by atoms with van der Waals surface area (Å²) >= 11 is 0. The SMILES string of the molecule is CC(C)(C)OC(=O)C(C)(C)C1CNCCN1. The summed E-state index contributed by atoms with van der Waals surface area (Å²) in [5, 5.41) is 6.65. The first-order valence-electron chi connectivity index (χ1n) is 5.91. The lowest BCUT2D eigenvalue weighted by Crippen LogP contribution is -2.58. The molecule has 0 aromatic carbocycles. The number of hydrogen-bond donors (Lipinski definition) is 2. The highest BCUT2D eigenvalue weighted by Gasteiger charge is 2.40. The van der Waals surface area contributed by atoms with Gasteiger partial charge in [-0.1, -0.05) is 0 Å². The summed E-state index contributed by atoms with van der Waals surface area (Å²) < 4.78 is 5.45. The Morgan fingerprint density at radius 3 is 2.25 bits per heavy atom. The van der Waals surface area contributed by atoms with Gasteiger partial charge in [0.25, 0.3) is 0 Å². The van der Waals surface area contributed by atoms with Crippen molar-refractivity contribution in [2.45, 2.75) is 46.3 Å². The molecule has 1 atom stereocenters. The van der Waals surface area contributed by atoms with E-state index < -0.39 is 11.0 Å². The van der Waals surface area contributed by atoms with Crippen molar-refractivity contribution in [2.75, 3.05) is 19.6 Å². The molecule has 0 radical (unpaired) electrons. The molecule has 0 aromatic rings. The van der Waals surface area contributed by atoms with Crippen LogP contribution in [0.1, 0.15) is 34.6 Å². The van der Waals surface area contributed by atoms with Crippen LogP contribution in [0.3, 0.4) is 0 Å². The number of carbonyl (C=O) groups is 1. The highest BCUT2D eigenvalue weighted by molar-refractivity contribution is 5.77. The van der Waals surface area contributed by atoms with Crippen LogP contribution in [0, 0.1) is 5.41 Å². The molecule has 1 aliphatic heterocycles. The molecule has 1 fully saturated rings. The zero-order valence-corrected chi connectivity index (χ0v) is 11.0. The molecule has 1 unspecified atom stereocenters. The molecule has 4 nitrogen and oxygen atoms in total. The number of rotatable bonds is 2. The number of piperazine rings is 1. The molecule has 1 aliphatic rings. The Balaban J connectivity index is 2.64. The molecule has 94 valence electrons. The van der Waals surface area contributed by atoms with Crippen molar-refractivity contribution in [1.82, 2.24) is 10.6 Å². The second-order valence-corrected chi connectivity index (χ2v) is 5.93. The maximum Gasteiger partial charge on any atom is 0.313 e. The summed E-state index contributed by atoms with van der Waals surface area (Å²) in [5.74, 6) is -0.138. The van der Waals surface area contributed by atoms with E-state index in [2.05, 4.69) is 10.6 Å². The van der Waals surface area contributed by atoms with E-state index in [0.29, 0.717) is 0 Å². The van der Waals surface area contributed by atoms with Crippen molar-refractivity contribution in [2.24, 2.45) is 5.41 Å². The van der Waals surface area contributed by atoms with Crippen LogP contribution in [0.2, 0.25) is 0 Å². The molecule has 16 heavy (non-hydrogen) atoms. The van der Waals surface area contributed by atoms with Gasteiger partial charge >= 0.3 is 5.97 Å². The monoisotopic (exact) mass is 228 g/mol. The molecule has 0 saturated carbocycles. The van der Waals surface area contributed by atoms with Crippen molar-refractivity contribution in [3.05, 3.63) is 0 Å². The summed E-state index contributed by atoms with van der Waals surface area (Å²) in [5.41, 5.74) is -0.919. The van der Waals surface area contributed by atoms with Crippen LogP contribution in [0.15, 0.2) is 0 Å². The fourth-order valence-corrected chi connectivity index (χ4v) is 1.72. The van der Waals surface area contributed by atoms with Gasteiger partial charge in [0.2, 0.25) is 0 Å². The van der Waals surface area contributed by atoms with Crippen LogP contribution in [0.4, 0.5) is 0 Å². The van der Waals surface area contributed by atoms with Gasteiger partial charge in [0.15, 0.2) is 0 Å². The second-order valence-electron chi connectivity index (χ2n) is 5.93. The Hall–Kier alpha value is -0.610. The topological polar surface area (TPSA) is 50.4 Å². The van der Waals surface area contributed by atoms with Gasteiger partial charge in [-0.2, -0.15) is 0 Å². The Morgan fingerprint density at radius 2 is 1.81 bits per heavy atom. The lowest BCUT2D eigenvalue weighted by atomic mass is 9.83. The van der Waals surface area contributed by atoms with Gasteiger partial charge in [-0.25, -0.2) is 0 Å². The van der Waals surface area contributed by atoms with E-state index in [1.54, 1.807) is 0 Å². The summed E-state index contributed by atoms with van der Waals surface area (Å²) in [6.07, 6.45) is 0. The molecule has 4 heteroatoms. The number of nitrogens with one attached hydrogen (secondary N) is 2. The van der Waals surface area contributed by atoms with Crippen molar-refractivity contribution < 1.29 is 9.53 Å². The number of esters is 1. The van der Waals surface area contributed by atoms with Gasteiger partial charge in [0.1, 0.15) is 5.60 Å². The van der Waals surface area contributed by atoms with Crippen molar-refractivity contribution in [3.63, 3.8) is 0 Å². The first kappa shape index (κ1) is 13.5. The molecule has 0 aliphatic carbocycles. The third kappa shape index (κ3) is 3.46. The van der Waals surface area contributed by atoms with Gasteiger partial charge in [0, 0.05) is 25.7 Å². The number of hydrogen-bond acceptors (Lipinski definition) is 4. The largest absolute Gasteiger partial charge is 0.460 e. The Morgan fingerprint density at radius 1 is 1.19 bits per heavy atom. The maximum absolute atomic E-state index is 12.1. The van der Waals surface area contributed by atoms with Gasteiger partial charge < -0.3 is 15.4 Å². The summed E-state index contributed by atoms with van der Waals surface area (Å²) in [6, 6.07) is 0.135. The van der Waals surface area contributed by atoms with E-state index in [1.165, 1.54) is 0 Å². The predicted molar refractivity (Wildman–Crippen MR) is 64.3 cm³/mol. The van der Waals surface area contributed by atoms with E-state index in [1.807, 2.05) is 34.6 Å². The van der Waals surface area contributed by atoms with Crippen molar-refractivity contribution >= 4 is 5.97 Å². The lowest BCUT2D eigenvalue weighted by Gasteiger charge is -2.37. The second kappa shape index (κ2) is 4.72. The smallest absolute Gasteiger partial charge is 0.313 e. The zero-order chi connectivity index (χ0) is 12.4. The van der Waals surface area contributed by atoms with Crippen LogP contribution < -0.4 is 10.6 Å². The van der Waals surface area contributed by atoms with Crippen LogP contribution in [0.5, 0.6) is 0 Å². The third-order valence-corrected chi connectivity index (χ3v) is 2.84. The minimum absolute atomic E-state index is 0.135. The van der Waals surface area contributed by atoms with Crippen LogP contribution in [-0.2, 0) is 9.53 Å². The molecule has 0 spiro atoms. The average Bonchev–Trinajstić information content (AvgIpc) is 2.16. The minimum Gasteiger partial charge on any atom is -0.460 e. The quantitative estimate of drug-likeness (QED) is 0.690. The average molecular weight is 228 g/mol. The van der Waals surface area contributed by atoms with Gasteiger partial charge in [-0.3, -0.25) is 4.79 Å². The summed E-state index contributed by atoms with van der Waals surface area (Å²) in [4.78, 5) is 12.1. The first-order chi connectivity index (χ1) is 7.23. The molecular weight excluding hydrogens is 204 g/mol. The molecule has 1 heterocycles. The van der Waals surface area contributed by atoms with Gasteiger partial charge in [-0.05, 0) is 34.6 Å². The lowest BCUT2D eigenvalue weighted by molar-refractivity contribution is -0.167. The molecule has 0 amide bonds. The minimum atomic E-state index is -0.499. The molecule has 1 saturated heterocycles. The van der Waals surface area contributed by atoms with Gasteiger partial charge in [-0.15, -0.1) is 0 Å². The Kier molecular flexibility index (Phi) is 3.97. The molecule has 0 aromatic heterocycles. The molecule has 2 N–H and O–H groups in total. The van der Waals surface area contributed by atoms with Crippen LogP contribution in [-0.4, -0.2) is 37.2 Å². The fourth-order valence-electron chi connectivity index (χ4n) is 1.72. The Bertz CT molecular complexity index is 250.